The van der Waals surface area contributed by atoms with Crippen molar-refractivity contribution < 1.29 is 9.66 Å². The third-order valence-corrected chi connectivity index (χ3v) is 3.27. The summed E-state index contributed by atoms with van der Waals surface area (Å²) in [4.78, 5) is 10.5. The van der Waals surface area contributed by atoms with Crippen LogP contribution in [0.5, 0.6) is 11.5 Å². The highest BCUT2D eigenvalue weighted by atomic mass is 35.5. The Morgan fingerprint density at radius 2 is 2.10 bits per heavy atom. The summed E-state index contributed by atoms with van der Waals surface area (Å²) in [6.45, 7) is 0. The lowest BCUT2D eigenvalue weighted by molar-refractivity contribution is -0.385. The molecule has 106 valence electrons. The van der Waals surface area contributed by atoms with E-state index in [4.69, 9.17) is 33.2 Å². The first kappa shape index (κ1) is 15.1. The number of para-hydroxylation sites is 1. The Balaban J connectivity index is 2.50. The van der Waals surface area contributed by atoms with Gasteiger partial charge in [0.05, 0.1) is 27.5 Å². The van der Waals surface area contributed by atoms with Crippen LogP contribution >= 0.6 is 23.2 Å². The van der Waals surface area contributed by atoms with E-state index in [1.54, 1.807) is 18.2 Å². The lowest BCUT2D eigenvalue weighted by Crippen LogP contribution is -1.96. The van der Waals surface area contributed by atoms with E-state index in [-0.39, 0.29) is 28.6 Å². The van der Waals surface area contributed by atoms with Gasteiger partial charge >= 0.3 is 5.69 Å². The zero-order valence-corrected chi connectivity index (χ0v) is 12.1. The number of rotatable bonds is 4. The molecular formula is C14H8Cl2N2O3. The maximum atomic E-state index is 11.1. The van der Waals surface area contributed by atoms with Gasteiger partial charge in [0.25, 0.3) is 0 Å². The molecule has 21 heavy (non-hydrogen) atoms. The predicted molar refractivity (Wildman–Crippen MR) is 78.9 cm³/mol. The van der Waals surface area contributed by atoms with Gasteiger partial charge in [0.1, 0.15) is 0 Å². The minimum absolute atomic E-state index is 0.00142. The van der Waals surface area contributed by atoms with Crippen LogP contribution in [-0.2, 0) is 5.88 Å². The van der Waals surface area contributed by atoms with E-state index < -0.39 is 4.92 Å². The number of alkyl halides is 1. The van der Waals surface area contributed by atoms with Crippen LogP contribution in [0, 0.1) is 21.4 Å². The quantitative estimate of drug-likeness (QED) is 0.466. The fourth-order valence-corrected chi connectivity index (χ4v) is 2.14. The Morgan fingerprint density at radius 1 is 1.33 bits per heavy atom. The number of benzene rings is 2. The molecule has 0 amide bonds. The van der Waals surface area contributed by atoms with Crippen molar-refractivity contribution in [3.8, 4) is 17.6 Å². The van der Waals surface area contributed by atoms with E-state index in [1.165, 1.54) is 12.1 Å². The van der Waals surface area contributed by atoms with Crippen molar-refractivity contribution in [2.24, 2.45) is 0 Å². The fraction of sp³-hybridized carbons (Fsp3) is 0.0714. The first-order chi connectivity index (χ1) is 10.1. The highest BCUT2D eigenvalue weighted by Gasteiger charge is 2.19. The average Bonchev–Trinajstić information content (AvgIpc) is 2.49. The van der Waals surface area contributed by atoms with Gasteiger partial charge in [0.2, 0.25) is 5.75 Å². The summed E-state index contributed by atoms with van der Waals surface area (Å²) in [6, 6.07) is 10.8. The van der Waals surface area contributed by atoms with Crippen LogP contribution in [0.15, 0.2) is 36.4 Å². The lowest BCUT2D eigenvalue weighted by atomic mass is 10.2. The minimum Gasteiger partial charge on any atom is -0.448 e. The SMILES string of the molecule is N#Cc1ccc(Oc2c(Cl)cccc2CCl)c([N+](=O)[O-])c1. The first-order valence-electron chi connectivity index (χ1n) is 5.76. The summed E-state index contributed by atoms with van der Waals surface area (Å²) >= 11 is 11.8. The molecule has 2 rings (SSSR count). The van der Waals surface area contributed by atoms with Crippen LogP contribution in [0.2, 0.25) is 5.02 Å². The second kappa shape index (κ2) is 6.44. The molecule has 0 saturated heterocycles. The van der Waals surface area contributed by atoms with Gasteiger partial charge in [-0.05, 0) is 18.2 Å². The largest absolute Gasteiger partial charge is 0.448 e. The first-order valence-corrected chi connectivity index (χ1v) is 6.67. The van der Waals surface area contributed by atoms with Crippen molar-refractivity contribution in [3.05, 3.63) is 62.7 Å². The number of nitro groups is 1. The molecule has 5 nitrogen and oxygen atoms in total. The smallest absolute Gasteiger partial charge is 0.312 e. The summed E-state index contributed by atoms with van der Waals surface area (Å²) in [6.07, 6.45) is 0. The molecule has 0 aromatic heterocycles. The fourth-order valence-electron chi connectivity index (χ4n) is 1.70. The molecule has 2 aromatic carbocycles. The number of halogens is 2. The third-order valence-electron chi connectivity index (χ3n) is 2.69. The molecule has 0 bridgehead atoms. The van der Waals surface area contributed by atoms with E-state index in [1.807, 2.05) is 6.07 Å². The van der Waals surface area contributed by atoms with Crippen molar-refractivity contribution in [2.75, 3.05) is 0 Å². The third kappa shape index (κ3) is 3.24. The van der Waals surface area contributed by atoms with Gasteiger partial charge in [-0.3, -0.25) is 10.1 Å². The van der Waals surface area contributed by atoms with Crippen LogP contribution in [0.1, 0.15) is 11.1 Å². The normalized spacial score (nSPS) is 9.95. The summed E-state index contributed by atoms with van der Waals surface area (Å²) in [5.74, 6) is 0.417. The van der Waals surface area contributed by atoms with Gasteiger partial charge in [0, 0.05) is 11.6 Å². The van der Waals surface area contributed by atoms with E-state index in [9.17, 15) is 10.1 Å². The van der Waals surface area contributed by atoms with Crippen LogP contribution in [0.3, 0.4) is 0 Å². The van der Waals surface area contributed by atoms with Crippen molar-refractivity contribution in [1.29, 1.82) is 5.26 Å². The maximum absolute atomic E-state index is 11.1. The monoisotopic (exact) mass is 322 g/mol. The van der Waals surface area contributed by atoms with Crippen molar-refractivity contribution >= 4 is 28.9 Å². The highest BCUT2D eigenvalue weighted by molar-refractivity contribution is 6.32. The number of hydrogen-bond acceptors (Lipinski definition) is 4. The van der Waals surface area contributed by atoms with E-state index in [0.717, 1.165) is 6.07 Å². The number of nitrogens with zero attached hydrogens (tertiary/aromatic N) is 2. The zero-order valence-electron chi connectivity index (χ0n) is 10.5. The van der Waals surface area contributed by atoms with E-state index in [2.05, 4.69) is 0 Å². The summed E-state index contributed by atoms with van der Waals surface area (Å²) < 4.78 is 5.56. The molecule has 0 fully saturated rings. The van der Waals surface area contributed by atoms with E-state index in [0.29, 0.717) is 10.6 Å². The topological polar surface area (TPSA) is 76.2 Å². The van der Waals surface area contributed by atoms with Gasteiger partial charge in [-0.15, -0.1) is 11.6 Å². The highest BCUT2D eigenvalue weighted by Crippen LogP contribution is 2.38. The summed E-state index contributed by atoms with van der Waals surface area (Å²) in [5, 5.41) is 20.2. The number of nitriles is 1. The van der Waals surface area contributed by atoms with Crippen LogP contribution in [0.25, 0.3) is 0 Å². The Bertz CT molecular complexity index is 741. The lowest BCUT2D eigenvalue weighted by Gasteiger charge is -2.11. The maximum Gasteiger partial charge on any atom is 0.312 e. The Labute approximate surface area is 130 Å². The van der Waals surface area contributed by atoms with E-state index >= 15 is 0 Å². The summed E-state index contributed by atoms with van der Waals surface area (Å²) in [7, 11) is 0. The number of nitro benzene ring substituents is 1. The molecule has 0 aliphatic carbocycles. The van der Waals surface area contributed by atoms with Crippen molar-refractivity contribution in [1.82, 2.24) is 0 Å². The Kier molecular flexibility index (Phi) is 4.63. The molecule has 0 atom stereocenters. The Hall–Kier alpha value is -2.29. The number of ether oxygens (including phenoxy) is 1. The zero-order chi connectivity index (χ0) is 15.4. The van der Waals surface area contributed by atoms with Crippen molar-refractivity contribution in [3.63, 3.8) is 0 Å². The molecule has 0 radical (unpaired) electrons. The number of hydrogen-bond donors (Lipinski definition) is 0. The van der Waals surface area contributed by atoms with Crippen LogP contribution < -0.4 is 4.74 Å². The predicted octanol–water partition coefficient (Wildman–Crippen LogP) is 4.65. The summed E-state index contributed by atoms with van der Waals surface area (Å²) in [5.41, 5.74) is 0.475. The van der Waals surface area contributed by atoms with Gasteiger partial charge in [-0.1, -0.05) is 23.7 Å². The second-order valence-electron chi connectivity index (χ2n) is 4.02. The molecule has 0 saturated carbocycles. The molecule has 0 heterocycles. The molecular weight excluding hydrogens is 315 g/mol. The van der Waals surface area contributed by atoms with Crippen LogP contribution in [0.4, 0.5) is 5.69 Å². The Morgan fingerprint density at radius 3 is 2.71 bits per heavy atom. The van der Waals surface area contributed by atoms with Gasteiger partial charge in [0.15, 0.2) is 5.75 Å². The molecule has 7 heteroatoms. The molecule has 0 spiro atoms. The second-order valence-corrected chi connectivity index (χ2v) is 4.69. The molecule has 0 aliphatic rings. The van der Waals surface area contributed by atoms with Gasteiger partial charge in [-0.25, -0.2) is 0 Å². The molecule has 0 aliphatic heterocycles. The standard InChI is InChI=1S/C14H8Cl2N2O3/c15-7-10-2-1-3-11(16)14(10)21-13-5-4-9(8-17)6-12(13)18(19)20/h1-6H,7H2. The van der Waals surface area contributed by atoms with Crippen LogP contribution in [-0.4, -0.2) is 4.92 Å². The molecule has 0 unspecified atom stereocenters. The molecule has 2 aromatic rings. The van der Waals surface area contributed by atoms with Gasteiger partial charge in [-0.2, -0.15) is 5.26 Å². The average molecular weight is 323 g/mol. The van der Waals surface area contributed by atoms with Crippen molar-refractivity contribution in [2.45, 2.75) is 5.88 Å². The van der Waals surface area contributed by atoms with Gasteiger partial charge < -0.3 is 4.74 Å². The minimum atomic E-state index is -0.618. The molecule has 0 N–H and O–H groups in total.